The monoisotopic (exact) mass is 373 g/mol. The van der Waals surface area contributed by atoms with Crippen LogP contribution in [-0.4, -0.2) is 20.8 Å². The molecule has 0 saturated carbocycles. The summed E-state index contributed by atoms with van der Waals surface area (Å²) in [5, 5.41) is 9.28. The molecule has 106 valence electrons. The molecule has 20 heavy (non-hydrogen) atoms. The number of hydrazine groups is 1. The summed E-state index contributed by atoms with van der Waals surface area (Å²) < 4.78 is 2.56. The highest BCUT2D eigenvalue weighted by Crippen LogP contribution is 2.19. The number of halogens is 1. The van der Waals surface area contributed by atoms with E-state index in [2.05, 4.69) is 37.2 Å². The molecule has 0 spiro atoms. The summed E-state index contributed by atoms with van der Waals surface area (Å²) in [6.07, 6.45) is 1.81. The molecule has 3 N–H and O–H groups in total. The van der Waals surface area contributed by atoms with E-state index >= 15 is 0 Å². The third-order valence-electron chi connectivity index (χ3n) is 2.34. The Bertz CT molecular complexity index is 651. The molecule has 2 aromatic heterocycles. The summed E-state index contributed by atoms with van der Waals surface area (Å²) in [6.45, 7) is 1.87. The zero-order valence-corrected chi connectivity index (χ0v) is 13.9. The van der Waals surface area contributed by atoms with Crippen LogP contribution in [0.4, 0.5) is 5.69 Å². The van der Waals surface area contributed by atoms with Crippen LogP contribution < -0.4 is 16.2 Å². The number of thiocarbonyl (C=S) groups is 1. The fourth-order valence-electron chi connectivity index (χ4n) is 1.48. The minimum Gasteiger partial charge on any atom is -0.329 e. The standard InChI is InChI=1S/C11H12BrN5OS2/c1-6-8(4-17(2)16-6)13-11(19)15-14-10(18)9-3-7(12)5-20-9/h3-5H,1-2H3,(H,14,18)(H2,13,15,19). The first kappa shape index (κ1) is 14.9. The summed E-state index contributed by atoms with van der Waals surface area (Å²) in [6, 6.07) is 1.74. The normalized spacial score (nSPS) is 10.2. The quantitative estimate of drug-likeness (QED) is 0.555. The largest absolute Gasteiger partial charge is 0.329 e. The van der Waals surface area contributed by atoms with Gasteiger partial charge < -0.3 is 5.32 Å². The van der Waals surface area contributed by atoms with Crippen molar-refractivity contribution < 1.29 is 4.79 Å². The van der Waals surface area contributed by atoms with E-state index in [0.29, 0.717) is 9.99 Å². The molecule has 2 rings (SSSR count). The lowest BCUT2D eigenvalue weighted by atomic mass is 10.4. The van der Waals surface area contributed by atoms with E-state index in [0.717, 1.165) is 15.9 Å². The minimum atomic E-state index is -0.243. The van der Waals surface area contributed by atoms with Crippen molar-refractivity contribution in [1.29, 1.82) is 0 Å². The second-order valence-electron chi connectivity index (χ2n) is 3.96. The Balaban J connectivity index is 1.86. The van der Waals surface area contributed by atoms with Crippen molar-refractivity contribution in [3.05, 3.63) is 32.7 Å². The first-order chi connectivity index (χ1) is 9.45. The highest BCUT2D eigenvalue weighted by atomic mass is 79.9. The Hall–Kier alpha value is -1.45. The number of aryl methyl sites for hydroxylation is 2. The molecule has 0 fully saturated rings. The van der Waals surface area contributed by atoms with Crippen molar-refractivity contribution in [2.45, 2.75) is 6.92 Å². The molecule has 6 nitrogen and oxygen atoms in total. The Morgan fingerprint density at radius 2 is 2.25 bits per heavy atom. The number of nitrogens with one attached hydrogen (secondary N) is 3. The molecule has 0 aliphatic carbocycles. The minimum absolute atomic E-state index is 0.243. The fraction of sp³-hybridized carbons (Fsp3) is 0.182. The molecule has 0 unspecified atom stereocenters. The van der Waals surface area contributed by atoms with Gasteiger partial charge in [-0.05, 0) is 41.1 Å². The number of carbonyl (C=O) groups excluding carboxylic acids is 1. The zero-order chi connectivity index (χ0) is 14.7. The third-order valence-corrected chi connectivity index (χ3v) is 4.24. The summed E-state index contributed by atoms with van der Waals surface area (Å²) >= 11 is 9.74. The number of rotatable bonds is 2. The lowest BCUT2D eigenvalue weighted by Gasteiger charge is -2.10. The molecule has 0 aromatic carbocycles. The summed E-state index contributed by atoms with van der Waals surface area (Å²) in [4.78, 5) is 12.4. The Kier molecular flexibility index (Phi) is 4.73. The van der Waals surface area contributed by atoms with E-state index in [-0.39, 0.29) is 5.91 Å². The Morgan fingerprint density at radius 3 is 2.80 bits per heavy atom. The molecule has 0 atom stereocenters. The van der Waals surface area contributed by atoms with Crippen molar-refractivity contribution in [2.75, 3.05) is 5.32 Å². The Morgan fingerprint density at radius 1 is 1.50 bits per heavy atom. The van der Waals surface area contributed by atoms with E-state index in [1.54, 1.807) is 10.7 Å². The number of thiophene rings is 1. The van der Waals surface area contributed by atoms with Crippen LogP contribution in [0.1, 0.15) is 15.4 Å². The predicted octanol–water partition coefficient (Wildman–Crippen LogP) is 2.18. The van der Waals surface area contributed by atoms with Crippen molar-refractivity contribution in [3.63, 3.8) is 0 Å². The van der Waals surface area contributed by atoms with Gasteiger partial charge in [-0.3, -0.25) is 20.3 Å². The predicted molar refractivity (Wildman–Crippen MR) is 86.8 cm³/mol. The first-order valence-corrected chi connectivity index (χ1v) is 7.65. The van der Waals surface area contributed by atoms with Gasteiger partial charge in [0.25, 0.3) is 5.91 Å². The molecule has 0 bridgehead atoms. The van der Waals surface area contributed by atoms with Gasteiger partial charge >= 0.3 is 0 Å². The van der Waals surface area contributed by atoms with Crippen LogP contribution in [0.3, 0.4) is 0 Å². The zero-order valence-electron chi connectivity index (χ0n) is 10.7. The number of aromatic nitrogens is 2. The highest BCUT2D eigenvalue weighted by molar-refractivity contribution is 9.10. The average Bonchev–Trinajstić information content (AvgIpc) is 2.93. The molecular formula is C11H12BrN5OS2. The van der Waals surface area contributed by atoms with Gasteiger partial charge in [-0.1, -0.05) is 0 Å². The Labute approximate surface area is 133 Å². The van der Waals surface area contributed by atoms with E-state index in [4.69, 9.17) is 12.2 Å². The summed E-state index contributed by atoms with van der Waals surface area (Å²) in [7, 11) is 1.82. The third kappa shape index (κ3) is 3.78. The van der Waals surface area contributed by atoms with E-state index in [1.807, 2.05) is 25.5 Å². The number of hydrogen-bond acceptors (Lipinski definition) is 4. The summed E-state index contributed by atoms with van der Waals surface area (Å²) in [5.74, 6) is -0.243. The van der Waals surface area contributed by atoms with Gasteiger partial charge in [0.05, 0.1) is 16.3 Å². The van der Waals surface area contributed by atoms with Crippen LogP contribution in [0.5, 0.6) is 0 Å². The molecule has 0 saturated heterocycles. The van der Waals surface area contributed by atoms with Gasteiger partial charge in [-0.25, -0.2) is 0 Å². The van der Waals surface area contributed by atoms with E-state index in [9.17, 15) is 4.79 Å². The molecular weight excluding hydrogens is 362 g/mol. The van der Waals surface area contributed by atoms with Crippen LogP contribution >= 0.6 is 39.5 Å². The SMILES string of the molecule is Cc1nn(C)cc1NC(=S)NNC(=O)c1cc(Br)cs1. The van der Waals surface area contributed by atoms with Crippen molar-refractivity contribution in [2.24, 2.45) is 7.05 Å². The number of nitrogens with zero attached hydrogens (tertiary/aromatic N) is 2. The van der Waals surface area contributed by atoms with Gasteiger partial charge in [0.15, 0.2) is 5.11 Å². The maximum absolute atomic E-state index is 11.8. The fourth-order valence-corrected chi connectivity index (χ4v) is 2.97. The molecule has 0 radical (unpaired) electrons. The van der Waals surface area contributed by atoms with Crippen molar-refractivity contribution in [3.8, 4) is 0 Å². The van der Waals surface area contributed by atoms with Crippen LogP contribution in [0.2, 0.25) is 0 Å². The summed E-state index contributed by atoms with van der Waals surface area (Å²) in [5.41, 5.74) is 6.79. The second-order valence-corrected chi connectivity index (χ2v) is 6.20. The van der Waals surface area contributed by atoms with Crippen LogP contribution in [0, 0.1) is 6.92 Å². The lowest BCUT2D eigenvalue weighted by molar-refractivity contribution is 0.0948. The number of carbonyl (C=O) groups is 1. The second kappa shape index (κ2) is 6.33. The van der Waals surface area contributed by atoms with Crippen LogP contribution in [0.25, 0.3) is 0 Å². The maximum Gasteiger partial charge on any atom is 0.279 e. The van der Waals surface area contributed by atoms with E-state index < -0.39 is 0 Å². The van der Waals surface area contributed by atoms with Gasteiger partial charge in [0.2, 0.25) is 0 Å². The molecule has 9 heteroatoms. The van der Waals surface area contributed by atoms with Gasteiger partial charge in [-0.15, -0.1) is 11.3 Å². The van der Waals surface area contributed by atoms with Crippen LogP contribution in [0.15, 0.2) is 22.1 Å². The molecule has 0 aliphatic rings. The van der Waals surface area contributed by atoms with Crippen molar-refractivity contribution in [1.82, 2.24) is 20.6 Å². The first-order valence-electron chi connectivity index (χ1n) is 5.57. The highest BCUT2D eigenvalue weighted by Gasteiger charge is 2.09. The van der Waals surface area contributed by atoms with Gasteiger partial charge in [0, 0.05) is 23.1 Å². The van der Waals surface area contributed by atoms with Gasteiger partial charge in [0.1, 0.15) is 0 Å². The maximum atomic E-state index is 11.8. The number of hydrogen-bond donors (Lipinski definition) is 3. The molecule has 2 aromatic rings. The van der Waals surface area contributed by atoms with Crippen molar-refractivity contribution >= 4 is 56.2 Å². The van der Waals surface area contributed by atoms with Crippen LogP contribution in [-0.2, 0) is 7.05 Å². The number of anilines is 1. The van der Waals surface area contributed by atoms with E-state index in [1.165, 1.54) is 11.3 Å². The number of amides is 1. The molecule has 1 amide bonds. The molecule has 0 aliphatic heterocycles. The lowest BCUT2D eigenvalue weighted by Crippen LogP contribution is -2.43. The smallest absolute Gasteiger partial charge is 0.279 e. The average molecular weight is 374 g/mol. The van der Waals surface area contributed by atoms with Gasteiger partial charge in [-0.2, -0.15) is 5.10 Å². The molecule has 2 heterocycles. The topological polar surface area (TPSA) is 71.0 Å².